The highest BCUT2D eigenvalue weighted by Crippen LogP contribution is 2.31. The first kappa shape index (κ1) is 15.3. The van der Waals surface area contributed by atoms with E-state index in [-0.39, 0.29) is 22.5 Å². The van der Waals surface area contributed by atoms with Crippen molar-refractivity contribution < 1.29 is 22.7 Å². The fourth-order valence-electron chi connectivity index (χ4n) is 2.35. The summed E-state index contributed by atoms with van der Waals surface area (Å²) in [6.45, 7) is 1.92. The number of nitrogens with zero attached hydrogens (tertiary/aromatic N) is 1. The molecular weight excluding hydrogens is 322 g/mol. The zero-order valence-electron chi connectivity index (χ0n) is 12.5. The molecule has 9 heteroatoms. The Morgan fingerprint density at radius 3 is 2.96 bits per heavy atom. The number of anilines is 1. The Bertz CT molecular complexity index is 859. The summed E-state index contributed by atoms with van der Waals surface area (Å²) in [5.74, 6) is 0.0753. The molecule has 8 nitrogen and oxygen atoms in total. The van der Waals surface area contributed by atoms with Crippen LogP contribution in [0.2, 0.25) is 0 Å². The highest BCUT2D eigenvalue weighted by Gasteiger charge is 2.23. The highest BCUT2D eigenvalue weighted by atomic mass is 32.2. The van der Waals surface area contributed by atoms with E-state index < -0.39 is 16.0 Å². The smallest absolute Gasteiger partial charge is 0.356 e. The molecule has 2 N–H and O–H groups in total. The van der Waals surface area contributed by atoms with Gasteiger partial charge in [-0.1, -0.05) is 0 Å². The number of carbonyl (C=O) groups is 1. The molecule has 23 heavy (non-hydrogen) atoms. The van der Waals surface area contributed by atoms with Crippen LogP contribution in [0.5, 0.6) is 5.75 Å². The number of aromatic nitrogens is 2. The Kier molecular flexibility index (Phi) is 3.72. The summed E-state index contributed by atoms with van der Waals surface area (Å²) in [7, 11) is -2.59. The number of benzene rings is 1. The molecule has 0 radical (unpaired) electrons. The molecule has 1 aliphatic rings. The quantitative estimate of drug-likeness (QED) is 0.814. The van der Waals surface area contributed by atoms with E-state index in [0.717, 1.165) is 5.56 Å². The summed E-state index contributed by atoms with van der Waals surface area (Å²) >= 11 is 0. The third-order valence-electron chi connectivity index (χ3n) is 3.40. The second kappa shape index (κ2) is 5.58. The van der Waals surface area contributed by atoms with Crippen LogP contribution in [0.4, 0.5) is 5.82 Å². The van der Waals surface area contributed by atoms with Crippen LogP contribution >= 0.6 is 0 Å². The topological polar surface area (TPSA) is 110 Å². The van der Waals surface area contributed by atoms with E-state index in [4.69, 9.17) is 4.74 Å². The van der Waals surface area contributed by atoms with Crippen molar-refractivity contribution in [2.75, 3.05) is 11.8 Å². The lowest BCUT2D eigenvalue weighted by molar-refractivity contribution is 0.0594. The maximum absolute atomic E-state index is 12.4. The number of hydrogen-bond acceptors (Lipinski definition) is 6. The van der Waals surface area contributed by atoms with Gasteiger partial charge in [0, 0.05) is 12.5 Å². The zero-order chi connectivity index (χ0) is 16.6. The SMILES string of the molecule is COC(=O)c1cc(NS(=O)(=O)c2ccc3c(c2)CC(C)O3)n[nH]1. The molecular formula is C14H15N3O5S. The second-order valence-electron chi connectivity index (χ2n) is 5.17. The van der Waals surface area contributed by atoms with Crippen molar-refractivity contribution >= 4 is 21.8 Å². The maximum atomic E-state index is 12.4. The van der Waals surface area contributed by atoms with Gasteiger partial charge in [-0.05, 0) is 30.7 Å². The van der Waals surface area contributed by atoms with Gasteiger partial charge in [-0.2, -0.15) is 5.10 Å². The van der Waals surface area contributed by atoms with Gasteiger partial charge in [0.05, 0.1) is 12.0 Å². The van der Waals surface area contributed by atoms with Crippen LogP contribution in [0.3, 0.4) is 0 Å². The number of ether oxygens (including phenoxy) is 2. The molecule has 0 bridgehead atoms. The Labute approximate surface area is 132 Å². The molecule has 1 aromatic carbocycles. The average Bonchev–Trinajstić information content (AvgIpc) is 3.10. The molecule has 0 amide bonds. The van der Waals surface area contributed by atoms with Gasteiger partial charge >= 0.3 is 5.97 Å². The first-order valence-electron chi connectivity index (χ1n) is 6.85. The molecule has 1 aliphatic heterocycles. The van der Waals surface area contributed by atoms with E-state index in [1.165, 1.54) is 19.2 Å². The van der Waals surface area contributed by atoms with Crippen LogP contribution in [0.25, 0.3) is 0 Å². The van der Waals surface area contributed by atoms with Crippen LogP contribution < -0.4 is 9.46 Å². The van der Waals surface area contributed by atoms with Gasteiger partial charge < -0.3 is 9.47 Å². The summed E-state index contributed by atoms with van der Waals surface area (Å²) in [5.41, 5.74) is 0.902. The second-order valence-corrected chi connectivity index (χ2v) is 6.85. The van der Waals surface area contributed by atoms with E-state index in [0.29, 0.717) is 12.2 Å². The molecule has 0 saturated carbocycles. The summed E-state index contributed by atoms with van der Waals surface area (Å²) < 4.78 is 37.2. The molecule has 3 rings (SSSR count). The Hall–Kier alpha value is -2.55. The lowest BCUT2D eigenvalue weighted by atomic mass is 10.1. The Morgan fingerprint density at radius 1 is 1.43 bits per heavy atom. The van der Waals surface area contributed by atoms with Crippen LogP contribution in [-0.4, -0.2) is 37.8 Å². The van der Waals surface area contributed by atoms with Crippen molar-refractivity contribution in [3.63, 3.8) is 0 Å². The molecule has 0 saturated heterocycles. The molecule has 0 spiro atoms. The Balaban J connectivity index is 1.84. The summed E-state index contributed by atoms with van der Waals surface area (Å²) in [6, 6.07) is 5.95. The van der Waals surface area contributed by atoms with Crippen molar-refractivity contribution in [3.8, 4) is 5.75 Å². The minimum Gasteiger partial charge on any atom is -0.490 e. The van der Waals surface area contributed by atoms with Crippen molar-refractivity contribution in [2.45, 2.75) is 24.3 Å². The van der Waals surface area contributed by atoms with E-state index in [9.17, 15) is 13.2 Å². The zero-order valence-corrected chi connectivity index (χ0v) is 13.3. The maximum Gasteiger partial charge on any atom is 0.356 e. The fraction of sp³-hybridized carbons (Fsp3) is 0.286. The number of sulfonamides is 1. The van der Waals surface area contributed by atoms with Gasteiger partial charge in [0.15, 0.2) is 5.82 Å². The van der Waals surface area contributed by atoms with Crippen LogP contribution in [0.15, 0.2) is 29.2 Å². The highest BCUT2D eigenvalue weighted by molar-refractivity contribution is 7.92. The molecule has 2 aromatic rings. The van der Waals surface area contributed by atoms with Crippen molar-refractivity contribution in [1.82, 2.24) is 10.2 Å². The van der Waals surface area contributed by atoms with Crippen LogP contribution in [0.1, 0.15) is 23.0 Å². The van der Waals surface area contributed by atoms with Gasteiger partial charge in [0.1, 0.15) is 17.5 Å². The van der Waals surface area contributed by atoms with E-state index in [1.54, 1.807) is 12.1 Å². The predicted octanol–water partition coefficient (Wildman–Crippen LogP) is 1.32. The number of hydrogen-bond donors (Lipinski definition) is 2. The van der Waals surface area contributed by atoms with Gasteiger partial charge in [0.25, 0.3) is 10.0 Å². The predicted molar refractivity (Wildman–Crippen MR) is 81.0 cm³/mol. The normalized spacial score (nSPS) is 16.5. The van der Waals surface area contributed by atoms with Crippen LogP contribution in [-0.2, 0) is 21.2 Å². The number of aromatic amines is 1. The summed E-state index contributed by atoms with van der Waals surface area (Å²) in [5, 5.41) is 6.15. The molecule has 2 heterocycles. The number of fused-ring (bicyclic) bond motifs is 1. The number of carbonyl (C=O) groups excluding carboxylic acids is 1. The lowest BCUT2D eigenvalue weighted by Gasteiger charge is -2.06. The largest absolute Gasteiger partial charge is 0.490 e. The minimum absolute atomic E-state index is 0.00974. The van der Waals surface area contributed by atoms with Crippen molar-refractivity contribution in [2.24, 2.45) is 0 Å². The number of esters is 1. The monoisotopic (exact) mass is 337 g/mol. The molecule has 0 aliphatic carbocycles. The van der Waals surface area contributed by atoms with E-state index in [1.807, 2.05) is 6.92 Å². The standard InChI is InChI=1S/C14H15N3O5S/c1-8-5-9-6-10(3-4-12(9)22-8)23(19,20)17-13-7-11(15-16-13)14(18)21-2/h3-4,6-8H,5H2,1-2H3,(H2,15,16,17). The summed E-state index contributed by atoms with van der Waals surface area (Å²) in [4.78, 5) is 11.4. The van der Waals surface area contributed by atoms with Gasteiger partial charge in [-0.25, -0.2) is 13.2 Å². The van der Waals surface area contributed by atoms with Crippen molar-refractivity contribution in [3.05, 3.63) is 35.5 Å². The number of H-pyrrole nitrogens is 1. The third kappa shape index (κ3) is 3.00. The molecule has 1 unspecified atom stereocenters. The van der Waals surface area contributed by atoms with E-state index >= 15 is 0 Å². The van der Waals surface area contributed by atoms with Crippen molar-refractivity contribution in [1.29, 1.82) is 0 Å². The van der Waals surface area contributed by atoms with E-state index in [2.05, 4.69) is 19.7 Å². The Morgan fingerprint density at radius 2 is 2.22 bits per heavy atom. The first-order valence-corrected chi connectivity index (χ1v) is 8.33. The fourth-order valence-corrected chi connectivity index (χ4v) is 3.39. The number of nitrogens with one attached hydrogen (secondary N) is 2. The molecule has 0 fully saturated rings. The number of methoxy groups -OCH3 is 1. The third-order valence-corrected chi connectivity index (χ3v) is 4.75. The number of rotatable bonds is 4. The minimum atomic E-state index is -3.81. The van der Waals surface area contributed by atoms with Gasteiger partial charge in [-0.15, -0.1) is 0 Å². The van der Waals surface area contributed by atoms with Gasteiger partial charge in [0.2, 0.25) is 0 Å². The average molecular weight is 337 g/mol. The molecule has 1 atom stereocenters. The van der Waals surface area contributed by atoms with Crippen LogP contribution in [0, 0.1) is 0 Å². The lowest BCUT2D eigenvalue weighted by Crippen LogP contribution is -2.13. The molecule has 122 valence electrons. The van der Waals surface area contributed by atoms with Gasteiger partial charge in [-0.3, -0.25) is 9.82 Å². The first-order chi connectivity index (χ1) is 10.9. The summed E-state index contributed by atoms with van der Waals surface area (Å²) in [6.07, 6.45) is 0.693. The molecule has 1 aromatic heterocycles.